The van der Waals surface area contributed by atoms with E-state index in [1.807, 2.05) is 49.6 Å². The standard InChI is InChI=1S/C13H16N2O2/c1-13(2,3)17-12(16)9-10-5-4-6-11-14-7-8-15(10)11/h4-8H,9H2,1-3H3. The zero-order valence-electron chi connectivity index (χ0n) is 10.3. The van der Waals surface area contributed by atoms with Crippen LogP contribution in [0.2, 0.25) is 0 Å². The molecule has 0 aliphatic rings. The van der Waals surface area contributed by atoms with Gasteiger partial charge in [-0.1, -0.05) is 6.07 Å². The summed E-state index contributed by atoms with van der Waals surface area (Å²) in [5.41, 5.74) is 1.28. The largest absolute Gasteiger partial charge is 0.460 e. The lowest BCUT2D eigenvalue weighted by Gasteiger charge is -2.19. The van der Waals surface area contributed by atoms with Crippen molar-refractivity contribution in [2.75, 3.05) is 0 Å². The van der Waals surface area contributed by atoms with Gasteiger partial charge in [0.25, 0.3) is 0 Å². The summed E-state index contributed by atoms with van der Waals surface area (Å²) in [5, 5.41) is 0. The SMILES string of the molecule is CC(C)(C)OC(=O)Cc1cccc2nccn12. The average Bonchev–Trinajstić information content (AvgIpc) is 2.63. The number of aromatic nitrogens is 2. The molecule has 0 spiro atoms. The number of pyridine rings is 1. The Morgan fingerprint density at radius 1 is 1.41 bits per heavy atom. The van der Waals surface area contributed by atoms with Crippen LogP contribution in [0.25, 0.3) is 5.65 Å². The molecule has 0 aromatic carbocycles. The van der Waals surface area contributed by atoms with Crippen LogP contribution in [0.5, 0.6) is 0 Å². The van der Waals surface area contributed by atoms with Gasteiger partial charge in [0.2, 0.25) is 0 Å². The van der Waals surface area contributed by atoms with Gasteiger partial charge < -0.3 is 9.14 Å². The molecule has 4 heteroatoms. The molecule has 0 unspecified atom stereocenters. The summed E-state index contributed by atoms with van der Waals surface area (Å²) >= 11 is 0. The number of imidazole rings is 1. The minimum Gasteiger partial charge on any atom is -0.460 e. The van der Waals surface area contributed by atoms with Crippen molar-refractivity contribution in [2.45, 2.75) is 32.8 Å². The monoisotopic (exact) mass is 232 g/mol. The number of carbonyl (C=O) groups is 1. The molecule has 0 radical (unpaired) electrons. The Kier molecular flexibility index (Phi) is 2.88. The highest BCUT2D eigenvalue weighted by Gasteiger charge is 2.17. The third kappa shape index (κ3) is 2.84. The second-order valence-electron chi connectivity index (χ2n) is 4.94. The van der Waals surface area contributed by atoms with Gasteiger partial charge in [0, 0.05) is 18.1 Å². The summed E-state index contributed by atoms with van der Waals surface area (Å²) in [6.07, 6.45) is 3.81. The fraction of sp³-hybridized carbons (Fsp3) is 0.385. The molecule has 0 saturated heterocycles. The first-order valence-electron chi connectivity index (χ1n) is 5.58. The third-order valence-electron chi connectivity index (χ3n) is 2.26. The summed E-state index contributed by atoms with van der Waals surface area (Å²) in [7, 11) is 0. The van der Waals surface area contributed by atoms with Crippen LogP contribution in [-0.2, 0) is 16.0 Å². The maximum atomic E-state index is 11.7. The van der Waals surface area contributed by atoms with Crippen LogP contribution in [0.1, 0.15) is 26.5 Å². The molecule has 90 valence electrons. The molecular formula is C13H16N2O2. The zero-order chi connectivity index (χ0) is 12.5. The lowest BCUT2D eigenvalue weighted by molar-refractivity contribution is -0.154. The van der Waals surface area contributed by atoms with E-state index in [0.29, 0.717) is 0 Å². The maximum Gasteiger partial charge on any atom is 0.312 e. The number of fused-ring (bicyclic) bond motifs is 1. The molecule has 17 heavy (non-hydrogen) atoms. The highest BCUT2D eigenvalue weighted by atomic mass is 16.6. The highest BCUT2D eigenvalue weighted by molar-refractivity contribution is 5.72. The van der Waals surface area contributed by atoms with E-state index in [9.17, 15) is 4.79 Å². The zero-order valence-corrected chi connectivity index (χ0v) is 10.3. The molecule has 0 bridgehead atoms. The van der Waals surface area contributed by atoms with E-state index in [4.69, 9.17) is 4.74 Å². The van der Waals surface area contributed by atoms with E-state index < -0.39 is 5.60 Å². The van der Waals surface area contributed by atoms with Crippen LogP contribution in [0.15, 0.2) is 30.6 Å². The van der Waals surface area contributed by atoms with Crippen LogP contribution in [0.3, 0.4) is 0 Å². The van der Waals surface area contributed by atoms with E-state index >= 15 is 0 Å². The van der Waals surface area contributed by atoms with Gasteiger partial charge in [-0.25, -0.2) is 4.98 Å². The summed E-state index contributed by atoms with van der Waals surface area (Å²) in [6.45, 7) is 5.59. The van der Waals surface area contributed by atoms with Gasteiger partial charge in [0.1, 0.15) is 11.2 Å². The predicted molar refractivity (Wildman–Crippen MR) is 64.7 cm³/mol. The van der Waals surface area contributed by atoms with E-state index in [-0.39, 0.29) is 12.4 Å². The summed E-state index contributed by atoms with van der Waals surface area (Å²) < 4.78 is 7.19. The lowest BCUT2D eigenvalue weighted by Crippen LogP contribution is -2.25. The number of hydrogen-bond acceptors (Lipinski definition) is 3. The van der Waals surface area contributed by atoms with Crippen LogP contribution >= 0.6 is 0 Å². The van der Waals surface area contributed by atoms with Gasteiger partial charge >= 0.3 is 5.97 Å². The normalized spacial score (nSPS) is 11.7. The minimum absolute atomic E-state index is 0.223. The van der Waals surface area contributed by atoms with Crippen molar-refractivity contribution in [1.29, 1.82) is 0 Å². The quantitative estimate of drug-likeness (QED) is 0.746. The molecule has 0 saturated carbocycles. The average molecular weight is 232 g/mol. The predicted octanol–water partition coefficient (Wildman–Crippen LogP) is 2.22. The molecule has 2 aromatic rings. The molecule has 0 atom stereocenters. The van der Waals surface area contributed by atoms with E-state index in [1.54, 1.807) is 6.20 Å². The number of carbonyl (C=O) groups excluding carboxylic acids is 1. The van der Waals surface area contributed by atoms with Gasteiger partial charge in [0.15, 0.2) is 0 Å². The van der Waals surface area contributed by atoms with Crippen molar-refractivity contribution in [3.63, 3.8) is 0 Å². The molecule has 2 rings (SSSR count). The Morgan fingerprint density at radius 2 is 2.18 bits per heavy atom. The smallest absolute Gasteiger partial charge is 0.312 e. The number of rotatable bonds is 2. The van der Waals surface area contributed by atoms with Crippen LogP contribution in [0.4, 0.5) is 0 Å². The van der Waals surface area contributed by atoms with Gasteiger partial charge in [-0.3, -0.25) is 4.79 Å². The first-order chi connectivity index (χ1) is 7.96. The number of nitrogens with zero attached hydrogens (tertiary/aromatic N) is 2. The number of hydrogen-bond donors (Lipinski definition) is 0. The fourth-order valence-corrected chi connectivity index (χ4v) is 1.68. The third-order valence-corrected chi connectivity index (χ3v) is 2.26. The van der Waals surface area contributed by atoms with Crippen LogP contribution in [-0.4, -0.2) is 21.0 Å². The number of esters is 1. The number of ether oxygens (including phenoxy) is 1. The van der Waals surface area contributed by atoms with Gasteiger partial charge in [-0.05, 0) is 32.9 Å². The van der Waals surface area contributed by atoms with Gasteiger partial charge in [-0.2, -0.15) is 0 Å². The van der Waals surface area contributed by atoms with Crippen molar-refractivity contribution in [1.82, 2.24) is 9.38 Å². The fourth-order valence-electron chi connectivity index (χ4n) is 1.68. The Hall–Kier alpha value is -1.84. The molecule has 0 fully saturated rings. The summed E-state index contributed by atoms with van der Waals surface area (Å²) in [5.74, 6) is -0.223. The molecule has 2 aromatic heterocycles. The maximum absolute atomic E-state index is 11.7. The Bertz CT molecular complexity index is 538. The minimum atomic E-state index is -0.445. The van der Waals surface area contributed by atoms with Crippen molar-refractivity contribution >= 4 is 11.6 Å². The first-order valence-corrected chi connectivity index (χ1v) is 5.58. The van der Waals surface area contributed by atoms with Crippen LogP contribution in [0, 0.1) is 0 Å². The Morgan fingerprint density at radius 3 is 2.88 bits per heavy atom. The molecule has 2 heterocycles. The molecule has 0 N–H and O–H groups in total. The molecule has 4 nitrogen and oxygen atoms in total. The Balaban J connectivity index is 2.18. The summed E-state index contributed by atoms with van der Waals surface area (Å²) in [4.78, 5) is 15.9. The summed E-state index contributed by atoms with van der Waals surface area (Å²) in [6, 6.07) is 5.69. The van der Waals surface area contributed by atoms with Gasteiger partial charge in [0.05, 0.1) is 6.42 Å². The van der Waals surface area contributed by atoms with E-state index in [2.05, 4.69) is 4.98 Å². The van der Waals surface area contributed by atoms with E-state index in [0.717, 1.165) is 11.3 Å². The van der Waals surface area contributed by atoms with Crippen molar-refractivity contribution in [2.24, 2.45) is 0 Å². The second-order valence-corrected chi connectivity index (χ2v) is 4.94. The highest BCUT2D eigenvalue weighted by Crippen LogP contribution is 2.11. The topological polar surface area (TPSA) is 43.6 Å². The van der Waals surface area contributed by atoms with Crippen molar-refractivity contribution < 1.29 is 9.53 Å². The second kappa shape index (κ2) is 4.20. The van der Waals surface area contributed by atoms with Crippen molar-refractivity contribution in [3.8, 4) is 0 Å². The molecule has 0 aliphatic heterocycles. The Labute approximate surface area is 100 Å². The molecular weight excluding hydrogens is 216 g/mol. The van der Waals surface area contributed by atoms with Gasteiger partial charge in [-0.15, -0.1) is 0 Å². The molecule has 0 amide bonds. The molecule has 0 aliphatic carbocycles. The van der Waals surface area contributed by atoms with Crippen molar-refractivity contribution in [3.05, 3.63) is 36.3 Å². The lowest BCUT2D eigenvalue weighted by atomic mass is 10.2. The van der Waals surface area contributed by atoms with E-state index in [1.165, 1.54) is 0 Å². The first kappa shape index (κ1) is 11.6. The van der Waals surface area contributed by atoms with Crippen LogP contribution < -0.4 is 0 Å².